The Bertz CT molecular complexity index is 799. The van der Waals surface area contributed by atoms with Gasteiger partial charge < -0.3 is 14.8 Å². The maximum atomic E-state index is 12.9. The third-order valence-corrected chi connectivity index (χ3v) is 4.19. The fraction of sp³-hybridized carbons (Fsp3) is 0.286. The number of rotatable bonds is 5. The summed E-state index contributed by atoms with van der Waals surface area (Å²) in [6, 6.07) is 11.6. The molecule has 5 heteroatoms. The van der Waals surface area contributed by atoms with E-state index in [2.05, 4.69) is 5.32 Å². The Morgan fingerprint density at radius 2 is 1.77 bits per heavy atom. The van der Waals surface area contributed by atoms with Gasteiger partial charge in [-0.3, -0.25) is 4.79 Å². The van der Waals surface area contributed by atoms with E-state index in [1.807, 2.05) is 32.0 Å². The number of ether oxygens (including phenoxy) is 2. The summed E-state index contributed by atoms with van der Waals surface area (Å²) in [5.41, 5.74) is 1.73. The Hall–Kier alpha value is -2.82. The molecule has 1 heterocycles. The van der Waals surface area contributed by atoms with E-state index in [-0.39, 0.29) is 23.7 Å². The van der Waals surface area contributed by atoms with Crippen LogP contribution in [0, 0.1) is 11.7 Å². The summed E-state index contributed by atoms with van der Waals surface area (Å²) in [6.45, 7) is 5.16. The first-order valence-corrected chi connectivity index (χ1v) is 8.66. The van der Waals surface area contributed by atoms with Crippen LogP contribution in [0.1, 0.15) is 31.0 Å². The third-order valence-electron chi connectivity index (χ3n) is 4.19. The van der Waals surface area contributed by atoms with Gasteiger partial charge in [-0.05, 0) is 47.4 Å². The van der Waals surface area contributed by atoms with E-state index >= 15 is 0 Å². The molecular weight excluding hydrogens is 333 g/mol. The number of nitrogens with one attached hydrogen (secondary N) is 1. The van der Waals surface area contributed by atoms with Crippen LogP contribution in [0.3, 0.4) is 0 Å². The molecule has 0 spiro atoms. The molecule has 1 aliphatic rings. The molecular formula is C21H22FNO3. The second kappa shape index (κ2) is 8.04. The Kier molecular flexibility index (Phi) is 5.56. The molecule has 1 aliphatic heterocycles. The molecule has 0 unspecified atom stereocenters. The lowest BCUT2D eigenvalue weighted by atomic mass is 9.95. The van der Waals surface area contributed by atoms with E-state index in [9.17, 15) is 9.18 Å². The Labute approximate surface area is 152 Å². The van der Waals surface area contributed by atoms with Gasteiger partial charge >= 0.3 is 0 Å². The number of carbonyl (C=O) groups excluding carboxylic acids is 1. The molecule has 1 amide bonds. The highest BCUT2D eigenvalue weighted by Gasteiger charge is 2.20. The van der Waals surface area contributed by atoms with Crippen molar-refractivity contribution < 1.29 is 18.7 Å². The van der Waals surface area contributed by atoms with Crippen LogP contribution in [0.4, 0.5) is 4.39 Å². The number of benzene rings is 2. The van der Waals surface area contributed by atoms with Crippen LogP contribution >= 0.6 is 0 Å². The number of hydrogen-bond donors (Lipinski definition) is 1. The molecule has 0 radical (unpaired) electrons. The molecule has 0 aliphatic carbocycles. The summed E-state index contributed by atoms with van der Waals surface area (Å²) in [4.78, 5) is 12.3. The lowest BCUT2D eigenvalue weighted by Gasteiger charge is -2.25. The van der Waals surface area contributed by atoms with E-state index in [0.717, 1.165) is 16.9 Å². The molecule has 1 atom stereocenters. The fourth-order valence-corrected chi connectivity index (χ4v) is 2.84. The molecule has 1 N–H and O–H groups in total. The van der Waals surface area contributed by atoms with E-state index in [1.54, 1.807) is 18.2 Å². The van der Waals surface area contributed by atoms with Gasteiger partial charge in [-0.1, -0.05) is 32.0 Å². The number of hydrogen-bond acceptors (Lipinski definition) is 3. The van der Waals surface area contributed by atoms with E-state index in [4.69, 9.17) is 9.47 Å². The molecule has 2 aromatic carbocycles. The Morgan fingerprint density at radius 3 is 2.46 bits per heavy atom. The number of carbonyl (C=O) groups is 1. The highest BCUT2D eigenvalue weighted by atomic mass is 19.1. The Morgan fingerprint density at radius 1 is 1.08 bits per heavy atom. The Balaban J connectivity index is 1.72. The van der Waals surface area contributed by atoms with Crippen molar-refractivity contribution in [3.05, 3.63) is 65.5 Å². The summed E-state index contributed by atoms with van der Waals surface area (Å²) in [7, 11) is 0. The van der Waals surface area contributed by atoms with Gasteiger partial charge in [0.25, 0.3) is 0 Å². The monoisotopic (exact) mass is 355 g/mol. The second-order valence-electron chi connectivity index (χ2n) is 6.52. The molecule has 4 nitrogen and oxygen atoms in total. The second-order valence-corrected chi connectivity index (χ2v) is 6.52. The lowest BCUT2D eigenvalue weighted by molar-refractivity contribution is -0.117. The van der Waals surface area contributed by atoms with Crippen molar-refractivity contribution in [3.8, 4) is 11.5 Å². The minimum Gasteiger partial charge on any atom is -0.486 e. The predicted molar refractivity (Wildman–Crippen MR) is 98.6 cm³/mol. The number of fused-ring (bicyclic) bond motifs is 1. The minimum atomic E-state index is -0.301. The van der Waals surface area contributed by atoms with Gasteiger partial charge in [0.15, 0.2) is 11.5 Å². The molecule has 0 saturated carbocycles. The maximum absolute atomic E-state index is 12.9. The van der Waals surface area contributed by atoms with Gasteiger partial charge in [-0.25, -0.2) is 4.39 Å². The third kappa shape index (κ3) is 4.42. The van der Waals surface area contributed by atoms with Crippen molar-refractivity contribution in [1.82, 2.24) is 5.32 Å². The summed E-state index contributed by atoms with van der Waals surface area (Å²) in [5.74, 6) is 1.12. The van der Waals surface area contributed by atoms with Gasteiger partial charge in [0.2, 0.25) is 5.91 Å². The summed E-state index contributed by atoms with van der Waals surface area (Å²) in [5, 5.41) is 3.02. The van der Waals surface area contributed by atoms with Crippen LogP contribution in [0.5, 0.6) is 11.5 Å². The zero-order chi connectivity index (χ0) is 18.5. The smallest absolute Gasteiger partial charge is 0.244 e. The maximum Gasteiger partial charge on any atom is 0.244 e. The fourth-order valence-electron chi connectivity index (χ4n) is 2.84. The van der Waals surface area contributed by atoms with Crippen LogP contribution in [-0.4, -0.2) is 19.1 Å². The highest BCUT2D eigenvalue weighted by molar-refractivity contribution is 5.92. The normalized spacial score (nSPS) is 14.5. The average Bonchev–Trinajstić information content (AvgIpc) is 2.65. The minimum absolute atomic E-state index is 0.156. The van der Waals surface area contributed by atoms with Crippen molar-refractivity contribution >= 4 is 12.0 Å². The van der Waals surface area contributed by atoms with Crippen LogP contribution in [0.2, 0.25) is 0 Å². The van der Waals surface area contributed by atoms with Gasteiger partial charge in [0.05, 0.1) is 6.04 Å². The van der Waals surface area contributed by atoms with Gasteiger partial charge in [-0.15, -0.1) is 0 Å². The van der Waals surface area contributed by atoms with Crippen molar-refractivity contribution in [3.63, 3.8) is 0 Å². The first kappa shape index (κ1) is 18.0. The van der Waals surface area contributed by atoms with Crippen molar-refractivity contribution in [2.75, 3.05) is 13.2 Å². The summed E-state index contributed by atoms with van der Waals surface area (Å²) < 4.78 is 24.1. The zero-order valence-electron chi connectivity index (χ0n) is 14.9. The largest absolute Gasteiger partial charge is 0.486 e. The quantitative estimate of drug-likeness (QED) is 0.821. The van der Waals surface area contributed by atoms with Crippen LogP contribution in [0.25, 0.3) is 6.08 Å². The lowest BCUT2D eigenvalue weighted by Crippen LogP contribution is -2.30. The molecule has 0 bridgehead atoms. The van der Waals surface area contributed by atoms with Crippen LogP contribution in [0.15, 0.2) is 48.5 Å². The number of amides is 1. The first-order valence-electron chi connectivity index (χ1n) is 8.66. The standard InChI is InChI=1S/C21H22FNO3/c1-14(2)21(16-6-9-18-19(13-16)26-12-11-25-18)23-20(24)10-5-15-3-7-17(22)8-4-15/h3-10,13-14,21H,11-12H2,1-2H3,(H,23,24)/b10-5+/t21-/m1/s1. The van der Waals surface area contributed by atoms with Crippen molar-refractivity contribution in [1.29, 1.82) is 0 Å². The van der Waals surface area contributed by atoms with Crippen molar-refractivity contribution in [2.45, 2.75) is 19.9 Å². The van der Waals surface area contributed by atoms with Gasteiger partial charge in [0.1, 0.15) is 19.0 Å². The zero-order valence-corrected chi connectivity index (χ0v) is 14.9. The van der Waals surface area contributed by atoms with E-state index < -0.39 is 0 Å². The van der Waals surface area contributed by atoms with E-state index in [0.29, 0.717) is 19.0 Å². The molecule has 0 aromatic heterocycles. The number of halogens is 1. The highest BCUT2D eigenvalue weighted by Crippen LogP contribution is 2.34. The van der Waals surface area contributed by atoms with Crippen molar-refractivity contribution in [2.24, 2.45) is 5.92 Å². The molecule has 26 heavy (non-hydrogen) atoms. The molecule has 136 valence electrons. The first-order chi connectivity index (χ1) is 12.5. The molecule has 2 aromatic rings. The topological polar surface area (TPSA) is 47.6 Å². The van der Waals surface area contributed by atoms with Crippen LogP contribution < -0.4 is 14.8 Å². The predicted octanol–water partition coefficient (Wildman–Crippen LogP) is 4.12. The van der Waals surface area contributed by atoms with E-state index in [1.165, 1.54) is 18.2 Å². The summed E-state index contributed by atoms with van der Waals surface area (Å²) >= 11 is 0. The van der Waals surface area contributed by atoms with Crippen LogP contribution in [-0.2, 0) is 4.79 Å². The molecule has 0 fully saturated rings. The molecule has 3 rings (SSSR count). The molecule has 0 saturated heterocycles. The average molecular weight is 355 g/mol. The SMILES string of the molecule is CC(C)[C@@H](NC(=O)/C=C/c1ccc(F)cc1)c1ccc2c(c1)OCCO2. The van der Waals surface area contributed by atoms with Gasteiger partial charge in [0, 0.05) is 6.08 Å². The van der Waals surface area contributed by atoms with Gasteiger partial charge in [-0.2, -0.15) is 0 Å². The summed E-state index contributed by atoms with van der Waals surface area (Å²) in [6.07, 6.45) is 3.12.